The number of hydrogen-bond donors (Lipinski definition) is 0. The van der Waals surface area contributed by atoms with Crippen LogP contribution in [0.4, 0.5) is 4.79 Å². The van der Waals surface area contributed by atoms with E-state index in [1.807, 2.05) is 28.7 Å². The van der Waals surface area contributed by atoms with Crippen LogP contribution in [-0.4, -0.2) is 30.1 Å². The fourth-order valence-corrected chi connectivity index (χ4v) is 2.02. The van der Waals surface area contributed by atoms with Gasteiger partial charge in [-0.2, -0.15) is 0 Å². The van der Waals surface area contributed by atoms with Crippen LogP contribution < -0.4 is 0 Å². The third-order valence-corrected chi connectivity index (χ3v) is 3.24. The van der Waals surface area contributed by atoms with Crippen molar-refractivity contribution in [2.45, 2.75) is 32.6 Å². The maximum absolute atomic E-state index is 11.8. The van der Waals surface area contributed by atoms with Crippen LogP contribution in [0.15, 0.2) is 9.66 Å². The Kier molecular flexibility index (Phi) is 5.79. The zero-order chi connectivity index (χ0) is 12.0. The minimum atomic E-state index is -0.527. The molecular weight excluding hydrogens is 321 g/mol. The highest BCUT2D eigenvalue weighted by atomic mass is 127. The summed E-state index contributed by atoms with van der Waals surface area (Å²) in [5, 5.41) is 0. The number of halogens is 1. The number of carbonyl (C=O) groups is 2. The Bertz CT molecular complexity index is 302. The average molecular weight is 337 g/mol. The highest BCUT2D eigenvalue weighted by Crippen LogP contribution is 2.16. The standard InChI is InChI=1S/C11H16INO3/c1-2-3-4-5-6-9(12)10(14)13-7-8-16-11(13)15/h6H,2-5,7-8H2,1H3/b9-6-. The Hall–Kier alpha value is -0.590. The van der Waals surface area contributed by atoms with Crippen molar-refractivity contribution < 1.29 is 14.3 Å². The molecule has 0 unspecified atom stereocenters. The summed E-state index contributed by atoms with van der Waals surface area (Å²) in [6.07, 6.45) is 5.67. The van der Waals surface area contributed by atoms with Gasteiger partial charge in [0, 0.05) is 0 Å². The summed E-state index contributed by atoms with van der Waals surface area (Å²) in [6, 6.07) is 0. The van der Waals surface area contributed by atoms with Gasteiger partial charge < -0.3 is 4.74 Å². The van der Waals surface area contributed by atoms with E-state index < -0.39 is 6.09 Å². The quantitative estimate of drug-likeness (QED) is 0.440. The second-order valence-electron chi connectivity index (χ2n) is 3.62. The number of allylic oxidation sites excluding steroid dienone is 1. The first-order valence-corrected chi connectivity index (χ1v) is 6.59. The van der Waals surface area contributed by atoms with Crippen molar-refractivity contribution in [2.75, 3.05) is 13.2 Å². The SMILES string of the molecule is CCCCC/C=C(\I)C(=O)N1CCOC1=O. The van der Waals surface area contributed by atoms with Crippen LogP contribution in [-0.2, 0) is 9.53 Å². The lowest BCUT2D eigenvalue weighted by atomic mass is 10.2. The molecule has 5 heteroatoms. The molecule has 1 aliphatic rings. The van der Waals surface area contributed by atoms with Crippen LogP contribution in [0.1, 0.15) is 32.6 Å². The van der Waals surface area contributed by atoms with Crippen molar-refractivity contribution >= 4 is 34.6 Å². The number of nitrogens with zero attached hydrogens (tertiary/aromatic N) is 1. The van der Waals surface area contributed by atoms with Gasteiger partial charge in [-0.25, -0.2) is 9.69 Å². The van der Waals surface area contributed by atoms with E-state index in [9.17, 15) is 9.59 Å². The fraction of sp³-hybridized carbons (Fsp3) is 0.636. The second-order valence-corrected chi connectivity index (χ2v) is 4.78. The summed E-state index contributed by atoms with van der Waals surface area (Å²) in [5.74, 6) is -0.236. The summed E-state index contributed by atoms with van der Waals surface area (Å²) in [5.41, 5.74) is 0. The van der Waals surface area contributed by atoms with Gasteiger partial charge in [-0.05, 0) is 35.4 Å². The largest absolute Gasteiger partial charge is 0.447 e. The molecule has 1 heterocycles. The Morgan fingerprint density at radius 1 is 1.56 bits per heavy atom. The summed E-state index contributed by atoms with van der Waals surface area (Å²) < 4.78 is 5.32. The number of ether oxygens (including phenoxy) is 1. The molecule has 0 aliphatic carbocycles. The summed E-state index contributed by atoms with van der Waals surface area (Å²) in [7, 11) is 0. The molecule has 0 radical (unpaired) electrons. The molecule has 0 N–H and O–H groups in total. The minimum Gasteiger partial charge on any atom is -0.447 e. The lowest BCUT2D eigenvalue weighted by Crippen LogP contribution is -2.31. The van der Waals surface area contributed by atoms with Crippen molar-refractivity contribution in [1.82, 2.24) is 4.90 Å². The molecule has 1 saturated heterocycles. The van der Waals surface area contributed by atoms with Gasteiger partial charge in [-0.3, -0.25) is 4.79 Å². The number of amides is 2. The van der Waals surface area contributed by atoms with Gasteiger partial charge >= 0.3 is 6.09 Å². The summed E-state index contributed by atoms with van der Waals surface area (Å²) in [6.45, 7) is 2.82. The van der Waals surface area contributed by atoms with Gasteiger partial charge in [0.1, 0.15) is 6.61 Å². The van der Waals surface area contributed by atoms with Crippen molar-refractivity contribution in [3.8, 4) is 0 Å². The van der Waals surface area contributed by atoms with Crippen molar-refractivity contribution in [2.24, 2.45) is 0 Å². The summed E-state index contributed by atoms with van der Waals surface area (Å²) in [4.78, 5) is 24.1. The average Bonchev–Trinajstić information content (AvgIpc) is 2.69. The van der Waals surface area contributed by atoms with Crippen LogP contribution in [0, 0.1) is 0 Å². The van der Waals surface area contributed by atoms with E-state index >= 15 is 0 Å². The van der Waals surface area contributed by atoms with Gasteiger partial charge in [-0.15, -0.1) is 0 Å². The van der Waals surface area contributed by atoms with Gasteiger partial charge in [0.2, 0.25) is 0 Å². The highest BCUT2D eigenvalue weighted by Gasteiger charge is 2.29. The first kappa shape index (κ1) is 13.5. The van der Waals surface area contributed by atoms with Crippen LogP contribution in [0.3, 0.4) is 0 Å². The molecule has 4 nitrogen and oxygen atoms in total. The van der Waals surface area contributed by atoms with E-state index in [4.69, 9.17) is 4.74 Å². The van der Waals surface area contributed by atoms with E-state index in [2.05, 4.69) is 6.92 Å². The lowest BCUT2D eigenvalue weighted by Gasteiger charge is -2.09. The van der Waals surface area contributed by atoms with Crippen LogP contribution in [0.5, 0.6) is 0 Å². The molecule has 0 spiro atoms. The molecule has 0 aromatic heterocycles. The number of imide groups is 1. The number of unbranched alkanes of at least 4 members (excludes halogenated alkanes) is 3. The fourth-order valence-electron chi connectivity index (χ4n) is 1.42. The third-order valence-electron chi connectivity index (χ3n) is 2.34. The maximum atomic E-state index is 11.8. The Balaban J connectivity index is 2.43. The molecule has 0 saturated carbocycles. The molecule has 2 amide bonds. The molecule has 0 bridgehead atoms. The molecule has 1 aliphatic heterocycles. The molecule has 1 fully saturated rings. The monoisotopic (exact) mass is 337 g/mol. The van der Waals surface area contributed by atoms with E-state index in [0.29, 0.717) is 16.7 Å². The van der Waals surface area contributed by atoms with Crippen molar-refractivity contribution in [1.29, 1.82) is 0 Å². The molecule has 0 aromatic carbocycles. The molecule has 0 aromatic rings. The predicted octanol–water partition coefficient (Wildman–Crippen LogP) is 2.86. The van der Waals surface area contributed by atoms with Crippen LogP contribution in [0.25, 0.3) is 0 Å². The minimum absolute atomic E-state index is 0.236. The molecule has 90 valence electrons. The molecule has 0 atom stereocenters. The zero-order valence-corrected chi connectivity index (χ0v) is 11.5. The van der Waals surface area contributed by atoms with Crippen molar-refractivity contribution in [3.05, 3.63) is 9.66 Å². The highest BCUT2D eigenvalue weighted by molar-refractivity contribution is 14.1. The predicted molar refractivity (Wildman–Crippen MR) is 69.3 cm³/mol. The van der Waals surface area contributed by atoms with E-state index in [-0.39, 0.29) is 5.91 Å². The first-order chi connectivity index (χ1) is 7.66. The number of carbonyl (C=O) groups excluding carboxylic acids is 2. The maximum Gasteiger partial charge on any atom is 0.416 e. The van der Waals surface area contributed by atoms with Crippen LogP contribution >= 0.6 is 22.6 Å². The van der Waals surface area contributed by atoms with Gasteiger partial charge in [-0.1, -0.05) is 25.8 Å². The van der Waals surface area contributed by atoms with Gasteiger partial charge in [0.25, 0.3) is 5.91 Å². The third kappa shape index (κ3) is 3.77. The number of cyclic esters (lactones) is 1. The first-order valence-electron chi connectivity index (χ1n) is 5.51. The van der Waals surface area contributed by atoms with Gasteiger partial charge in [0.15, 0.2) is 0 Å². The molecule has 1 rings (SSSR count). The Morgan fingerprint density at radius 3 is 2.88 bits per heavy atom. The van der Waals surface area contributed by atoms with Crippen molar-refractivity contribution in [3.63, 3.8) is 0 Å². The van der Waals surface area contributed by atoms with Gasteiger partial charge in [0.05, 0.1) is 10.1 Å². The second kappa shape index (κ2) is 6.88. The molecular formula is C11H16INO3. The van der Waals surface area contributed by atoms with E-state index in [1.54, 1.807) is 0 Å². The number of hydrogen-bond acceptors (Lipinski definition) is 3. The smallest absolute Gasteiger partial charge is 0.416 e. The number of rotatable bonds is 5. The lowest BCUT2D eigenvalue weighted by molar-refractivity contribution is -0.122. The normalized spacial score (nSPS) is 16.5. The van der Waals surface area contributed by atoms with Crippen LogP contribution in [0.2, 0.25) is 0 Å². The zero-order valence-electron chi connectivity index (χ0n) is 9.37. The topological polar surface area (TPSA) is 46.6 Å². The Morgan fingerprint density at radius 2 is 2.31 bits per heavy atom. The van der Waals surface area contributed by atoms with E-state index in [1.165, 1.54) is 6.42 Å². The molecule has 16 heavy (non-hydrogen) atoms. The summed E-state index contributed by atoms with van der Waals surface area (Å²) >= 11 is 1.98. The Labute approximate surface area is 109 Å². The van der Waals surface area contributed by atoms with E-state index in [0.717, 1.165) is 24.2 Å².